The van der Waals surface area contributed by atoms with Crippen LogP contribution in [-0.2, 0) is 9.59 Å². The Balaban J connectivity index is 6.70. The molecule has 2 N–H and O–H groups in total. The average Bonchev–Trinajstić information content (AvgIpc) is 2.59. The minimum absolute atomic E-state index is 0.190. The van der Waals surface area contributed by atoms with Gasteiger partial charge in [0.05, 0.1) is 0 Å². The lowest BCUT2D eigenvalue weighted by Crippen LogP contribution is -2.75. The highest BCUT2D eigenvalue weighted by Gasteiger charge is 2.95. The molecule has 0 unspecified atom stereocenters. The van der Waals surface area contributed by atoms with Crippen LogP contribution in [0.1, 0.15) is 6.92 Å². The van der Waals surface area contributed by atoms with Gasteiger partial charge in [-0.1, -0.05) is 0 Å². The second kappa shape index (κ2) is 7.91. The molecule has 1 atom stereocenters. The van der Waals surface area contributed by atoms with Crippen LogP contribution in [0, 0.1) is 0 Å². The maximum absolute atomic E-state index is 13.4. The summed E-state index contributed by atoms with van der Waals surface area (Å²) in [7, 11) is 0. The number of hydrogen-bond donors (Lipinski definition) is 2. The number of nitrogens with one attached hydrogen (secondary N) is 1. The van der Waals surface area contributed by atoms with E-state index in [0.717, 1.165) is 0 Å². The predicted octanol–water partition coefficient (Wildman–Crippen LogP) is 4.59. The smallest absolute Gasteiger partial charge is 0.460 e. The number of carbonyl (C=O) groups excluding carboxylic acids is 1. The number of aliphatic carboxylic acids is 1. The third kappa shape index (κ3) is 4.10. The molecule has 0 aliphatic heterocycles. The van der Waals surface area contributed by atoms with Crippen LogP contribution in [0.25, 0.3) is 0 Å². The summed E-state index contributed by atoms with van der Waals surface area (Å²) in [5.74, 6) is -65.0. The van der Waals surface area contributed by atoms with Crippen molar-refractivity contribution in [2.45, 2.75) is 60.6 Å². The van der Waals surface area contributed by atoms with E-state index in [0.29, 0.717) is 5.32 Å². The van der Waals surface area contributed by atoms with Crippen molar-refractivity contribution in [2.24, 2.45) is 0 Å². The number of hydrogen-bond acceptors (Lipinski definition) is 2. The normalized spacial score (nSPS) is 16.4. The maximum Gasteiger partial charge on any atom is 0.460 e. The van der Waals surface area contributed by atoms with Crippen molar-refractivity contribution in [3.8, 4) is 0 Å². The monoisotopic (exact) mass is 535 g/mol. The number of alkyl halides is 17. The summed E-state index contributed by atoms with van der Waals surface area (Å²) in [5.41, 5.74) is 0. The summed E-state index contributed by atoms with van der Waals surface area (Å²) in [6, 6.07) is -2.66. The van der Waals surface area contributed by atoms with Gasteiger partial charge in [-0.15, -0.1) is 0 Å². The third-order valence-electron chi connectivity index (χ3n) is 3.73. The molecular weight excluding hydrogens is 529 g/mol. The Morgan fingerprint density at radius 1 is 0.576 bits per heavy atom. The average molecular weight is 535 g/mol. The molecule has 0 aromatic carbocycles. The molecular formula is C12H6F17NO3. The van der Waals surface area contributed by atoms with E-state index in [-0.39, 0.29) is 6.92 Å². The van der Waals surface area contributed by atoms with E-state index in [2.05, 4.69) is 0 Å². The molecule has 1 amide bonds. The molecule has 21 heteroatoms. The molecule has 0 spiro atoms. The van der Waals surface area contributed by atoms with E-state index >= 15 is 0 Å². The van der Waals surface area contributed by atoms with Crippen molar-refractivity contribution in [1.29, 1.82) is 0 Å². The molecule has 33 heavy (non-hydrogen) atoms. The molecule has 0 radical (unpaired) electrons. The number of amides is 1. The molecule has 0 aliphatic rings. The van der Waals surface area contributed by atoms with Gasteiger partial charge in [-0.25, -0.2) is 0 Å². The zero-order valence-corrected chi connectivity index (χ0v) is 14.8. The third-order valence-corrected chi connectivity index (χ3v) is 3.73. The Labute approximate surface area is 168 Å². The number of carbonyl (C=O) groups is 2. The highest BCUT2D eigenvalue weighted by molar-refractivity contribution is 5.88. The Bertz CT molecular complexity index is 772. The predicted molar refractivity (Wildman–Crippen MR) is 65.9 cm³/mol. The molecule has 0 saturated carbocycles. The van der Waals surface area contributed by atoms with Crippen LogP contribution in [0.2, 0.25) is 0 Å². The molecule has 0 heterocycles. The number of halogens is 17. The Morgan fingerprint density at radius 2 is 0.848 bits per heavy atom. The van der Waals surface area contributed by atoms with Gasteiger partial charge in [-0.05, 0) is 6.92 Å². The summed E-state index contributed by atoms with van der Waals surface area (Å²) in [6.45, 7) is 0.190. The van der Waals surface area contributed by atoms with Gasteiger partial charge in [-0.2, -0.15) is 74.6 Å². The van der Waals surface area contributed by atoms with Crippen LogP contribution in [0.3, 0.4) is 0 Å². The summed E-state index contributed by atoms with van der Waals surface area (Å²) < 4.78 is 221. The van der Waals surface area contributed by atoms with Crippen LogP contribution in [0.5, 0.6) is 0 Å². The van der Waals surface area contributed by atoms with Crippen molar-refractivity contribution in [3.05, 3.63) is 0 Å². The Kier molecular flexibility index (Phi) is 7.37. The first-order valence-electron chi connectivity index (χ1n) is 7.25. The first-order valence-corrected chi connectivity index (χ1v) is 7.25. The Hall–Kier alpha value is -2.25. The van der Waals surface area contributed by atoms with E-state index in [1.807, 2.05) is 0 Å². The van der Waals surface area contributed by atoms with E-state index < -0.39 is 65.6 Å². The number of rotatable bonds is 9. The first kappa shape index (κ1) is 30.8. The minimum atomic E-state index is -8.82. The molecule has 4 nitrogen and oxygen atoms in total. The summed E-state index contributed by atoms with van der Waals surface area (Å²) >= 11 is 0. The molecule has 0 rings (SSSR count). The van der Waals surface area contributed by atoms with Crippen molar-refractivity contribution < 1.29 is 89.3 Å². The van der Waals surface area contributed by atoms with Gasteiger partial charge in [0.25, 0.3) is 5.91 Å². The van der Waals surface area contributed by atoms with Crippen molar-refractivity contribution in [2.75, 3.05) is 0 Å². The lowest BCUT2D eigenvalue weighted by molar-refractivity contribution is -0.459. The zero-order valence-electron chi connectivity index (χ0n) is 14.8. The lowest BCUT2D eigenvalue weighted by atomic mass is 9.88. The molecule has 0 fully saturated rings. The van der Waals surface area contributed by atoms with Crippen LogP contribution < -0.4 is 5.32 Å². The summed E-state index contributed by atoms with van der Waals surface area (Å²) in [6.07, 6.45) is -7.87. The van der Waals surface area contributed by atoms with E-state index in [4.69, 9.17) is 5.11 Å². The lowest BCUT2D eigenvalue weighted by Gasteiger charge is -2.42. The van der Waals surface area contributed by atoms with E-state index in [9.17, 15) is 84.2 Å². The van der Waals surface area contributed by atoms with Gasteiger partial charge >= 0.3 is 53.6 Å². The molecule has 0 saturated heterocycles. The van der Waals surface area contributed by atoms with Gasteiger partial charge in [0.2, 0.25) is 0 Å². The zero-order chi connectivity index (χ0) is 27.4. The topological polar surface area (TPSA) is 66.4 Å². The molecule has 0 aliphatic carbocycles. The highest BCUT2D eigenvalue weighted by atomic mass is 19.4. The van der Waals surface area contributed by atoms with Gasteiger partial charge in [-0.3, -0.25) is 9.59 Å². The van der Waals surface area contributed by atoms with E-state index in [1.54, 1.807) is 0 Å². The minimum Gasteiger partial charge on any atom is -0.480 e. The van der Waals surface area contributed by atoms with E-state index in [1.165, 1.54) is 0 Å². The fraction of sp³-hybridized carbons (Fsp3) is 0.833. The largest absolute Gasteiger partial charge is 0.480 e. The van der Waals surface area contributed by atoms with Gasteiger partial charge in [0.1, 0.15) is 6.04 Å². The molecule has 0 bridgehead atoms. The molecule has 0 aromatic rings. The van der Waals surface area contributed by atoms with Crippen molar-refractivity contribution in [3.63, 3.8) is 0 Å². The van der Waals surface area contributed by atoms with Crippen LogP contribution in [0.15, 0.2) is 0 Å². The fourth-order valence-electron chi connectivity index (χ4n) is 1.66. The standard InChI is InChI=1S/C12H6F17NO3/c1-2(3(31)32)30-4(33)5(13,14)6(15,16)7(17,18)8(19,20)9(21,22)10(23,24)11(25,26)12(27,28)29/h2H,1H3,(H,30,33)(H,31,32)/t2-/m1/s1. The van der Waals surface area contributed by atoms with Crippen LogP contribution in [-0.4, -0.2) is 70.7 Å². The van der Waals surface area contributed by atoms with Gasteiger partial charge in [0.15, 0.2) is 0 Å². The van der Waals surface area contributed by atoms with Crippen LogP contribution >= 0.6 is 0 Å². The van der Waals surface area contributed by atoms with Crippen molar-refractivity contribution in [1.82, 2.24) is 5.32 Å². The number of carboxylic acid groups (broad SMARTS) is 1. The Morgan fingerprint density at radius 3 is 1.12 bits per heavy atom. The van der Waals surface area contributed by atoms with Crippen LogP contribution in [0.4, 0.5) is 74.6 Å². The maximum atomic E-state index is 13.4. The molecule has 0 aromatic heterocycles. The van der Waals surface area contributed by atoms with Gasteiger partial charge < -0.3 is 10.4 Å². The second-order valence-corrected chi connectivity index (χ2v) is 6.05. The SMILES string of the molecule is C[C@@H](NC(=O)C(F)(F)C(F)(F)C(F)(F)C(F)(F)C(F)(F)C(F)(F)C(F)(F)C(F)(F)F)C(=O)O. The fourth-order valence-corrected chi connectivity index (χ4v) is 1.66. The van der Waals surface area contributed by atoms with Crippen molar-refractivity contribution >= 4 is 11.9 Å². The summed E-state index contributed by atoms with van der Waals surface area (Å²) in [5, 5.41) is 8.58. The highest BCUT2D eigenvalue weighted by Crippen LogP contribution is 2.63. The quantitative estimate of drug-likeness (QED) is 0.425. The van der Waals surface area contributed by atoms with Gasteiger partial charge in [0, 0.05) is 0 Å². The molecule has 196 valence electrons. The second-order valence-electron chi connectivity index (χ2n) is 6.05. The first-order chi connectivity index (χ1) is 14.0. The number of carboxylic acids is 1. The summed E-state index contributed by atoms with van der Waals surface area (Å²) in [4.78, 5) is 21.3.